The highest BCUT2D eigenvalue weighted by atomic mass is 16.3. The van der Waals surface area contributed by atoms with E-state index in [0.717, 1.165) is 25.8 Å². The van der Waals surface area contributed by atoms with Crippen LogP contribution in [0.5, 0.6) is 0 Å². The van der Waals surface area contributed by atoms with Gasteiger partial charge < -0.3 is 10.8 Å². The summed E-state index contributed by atoms with van der Waals surface area (Å²) in [7, 11) is 0. The van der Waals surface area contributed by atoms with Crippen molar-refractivity contribution in [3.05, 3.63) is 0 Å². The summed E-state index contributed by atoms with van der Waals surface area (Å²) in [6, 6.07) is 1.01. The van der Waals surface area contributed by atoms with Gasteiger partial charge in [-0.1, -0.05) is 20.3 Å². The number of nitrogens with zero attached hydrogens (tertiary/aromatic N) is 1. The van der Waals surface area contributed by atoms with Gasteiger partial charge in [0.25, 0.3) is 0 Å². The minimum atomic E-state index is 0.132. The molecule has 15 heavy (non-hydrogen) atoms. The van der Waals surface area contributed by atoms with Gasteiger partial charge in [0.15, 0.2) is 0 Å². The van der Waals surface area contributed by atoms with Crippen molar-refractivity contribution in [2.45, 2.75) is 64.1 Å². The fourth-order valence-electron chi connectivity index (χ4n) is 2.30. The van der Waals surface area contributed by atoms with Crippen molar-refractivity contribution in [2.24, 2.45) is 5.73 Å². The van der Waals surface area contributed by atoms with Gasteiger partial charge in [0, 0.05) is 18.1 Å². The third-order valence-electron chi connectivity index (χ3n) is 3.23. The zero-order valence-electron chi connectivity index (χ0n) is 10.2. The molecular formula is C12H26N2O. The second kappa shape index (κ2) is 6.46. The lowest BCUT2D eigenvalue weighted by atomic mass is 10.0. The van der Waals surface area contributed by atoms with E-state index in [1.807, 2.05) is 0 Å². The molecule has 0 aromatic heterocycles. The SMILES string of the molecule is CCCC(N)C(CO)N(CCC)C1CC1. The zero-order valence-corrected chi connectivity index (χ0v) is 10.2. The Hall–Kier alpha value is -0.120. The first-order valence-corrected chi connectivity index (χ1v) is 6.36. The highest BCUT2D eigenvalue weighted by Gasteiger charge is 2.35. The lowest BCUT2D eigenvalue weighted by Crippen LogP contribution is -2.51. The third-order valence-corrected chi connectivity index (χ3v) is 3.23. The van der Waals surface area contributed by atoms with Crippen molar-refractivity contribution in [2.75, 3.05) is 13.2 Å². The number of nitrogens with two attached hydrogens (primary N) is 1. The van der Waals surface area contributed by atoms with E-state index in [1.165, 1.54) is 12.8 Å². The molecule has 1 fully saturated rings. The average molecular weight is 214 g/mol. The van der Waals surface area contributed by atoms with E-state index in [9.17, 15) is 5.11 Å². The van der Waals surface area contributed by atoms with Gasteiger partial charge in [0.2, 0.25) is 0 Å². The Morgan fingerprint density at radius 1 is 1.33 bits per heavy atom. The Bertz CT molecular complexity index is 171. The van der Waals surface area contributed by atoms with Crippen LogP contribution in [0.1, 0.15) is 46.0 Å². The molecule has 3 N–H and O–H groups in total. The molecule has 1 saturated carbocycles. The first-order valence-electron chi connectivity index (χ1n) is 6.36. The van der Waals surface area contributed by atoms with Crippen molar-refractivity contribution in [1.29, 1.82) is 0 Å². The summed E-state index contributed by atoms with van der Waals surface area (Å²) >= 11 is 0. The van der Waals surface area contributed by atoms with Gasteiger partial charge in [-0.05, 0) is 32.2 Å². The van der Waals surface area contributed by atoms with Gasteiger partial charge in [0.1, 0.15) is 0 Å². The van der Waals surface area contributed by atoms with Gasteiger partial charge in [0.05, 0.1) is 6.61 Å². The number of rotatable bonds is 8. The van der Waals surface area contributed by atoms with Crippen LogP contribution < -0.4 is 5.73 Å². The summed E-state index contributed by atoms with van der Waals surface area (Å²) in [4.78, 5) is 2.43. The molecule has 1 aliphatic carbocycles. The normalized spacial score (nSPS) is 20.6. The molecule has 0 spiro atoms. The molecule has 0 aromatic rings. The molecule has 0 saturated heterocycles. The molecule has 3 nitrogen and oxygen atoms in total. The Morgan fingerprint density at radius 2 is 2.00 bits per heavy atom. The van der Waals surface area contributed by atoms with Crippen LogP contribution in [-0.4, -0.2) is 41.3 Å². The molecule has 0 aliphatic heterocycles. The predicted octanol–water partition coefficient (Wildman–Crippen LogP) is 1.35. The minimum Gasteiger partial charge on any atom is -0.395 e. The number of aliphatic hydroxyl groups is 1. The summed E-state index contributed by atoms with van der Waals surface area (Å²) in [5, 5.41) is 9.48. The monoisotopic (exact) mass is 214 g/mol. The molecule has 1 aliphatic rings. The van der Waals surface area contributed by atoms with Crippen molar-refractivity contribution in [3.8, 4) is 0 Å². The van der Waals surface area contributed by atoms with Gasteiger partial charge >= 0.3 is 0 Å². The third kappa shape index (κ3) is 3.74. The van der Waals surface area contributed by atoms with E-state index in [1.54, 1.807) is 0 Å². The van der Waals surface area contributed by atoms with Gasteiger partial charge in [-0.2, -0.15) is 0 Å². The Balaban J connectivity index is 2.51. The summed E-state index contributed by atoms with van der Waals surface area (Å²) in [5.74, 6) is 0. The molecule has 3 heteroatoms. The summed E-state index contributed by atoms with van der Waals surface area (Å²) in [6.07, 6.45) is 5.83. The molecule has 2 unspecified atom stereocenters. The van der Waals surface area contributed by atoms with E-state index in [4.69, 9.17) is 5.73 Å². The van der Waals surface area contributed by atoms with Crippen LogP contribution in [0.4, 0.5) is 0 Å². The molecule has 90 valence electrons. The Kier molecular flexibility index (Phi) is 5.58. The van der Waals surface area contributed by atoms with E-state index in [0.29, 0.717) is 6.04 Å². The largest absolute Gasteiger partial charge is 0.395 e. The molecular weight excluding hydrogens is 188 g/mol. The lowest BCUT2D eigenvalue weighted by Gasteiger charge is -2.34. The topological polar surface area (TPSA) is 49.5 Å². The van der Waals surface area contributed by atoms with Crippen LogP contribution in [0.25, 0.3) is 0 Å². The van der Waals surface area contributed by atoms with E-state index < -0.39 is 0 Å². The standard InChI is InChI=1S/C12H26N2O/c1-3-5-11(13)12(9-15)14(8-4-2)10-6-7-10/h10-12,15H,3-9,13H2,1-2H3. The first kappa shape index (κ1) is 12.9. The quantitative estimate of drug-likeness (QED) is 0.641. The molecule has 0 amide bonds. The van der Waals surface area contributed by atoms with Crippen molar-refractivity contribution in [3.63, 3.8) is 0 Å². The van der Waals surface area contributed by atoms with Crippen LogP contribution in [0, 0.1) is 0 Å². The van der Waals surface area contributed by atoms with E-state index >= 15 is 0 Å². The molecule has 0 heterocycles. The summed E-state index contributed by atoms with van der Waals surface area (Å²) in [6.45, 7) is 5.62. The highest BCUT2D eigenvalue weighted by molar-refractivity contribution is 4.92. The lowest BCUT2D eigenvalue weighted by molar-refractivity contribution is 0.0943. The maximum atomic E-state index is 9.48. The van der Waals surface area contributed by atoms with E-state index in [-0.39, 0.29) is 18.7 Å². The second-order valence-electron chi connectivity index (χ2n) is 4.67. The maximum absolute atomic E-state index is 9.48. The molecule has 0 bridgehead atoms. The number of hydrogen-bond donors (Lipinski definition) is 2. The summed E-state index contributed by atoms with van der Waals surface area (Å²) in [5.41, 5.74) is 6.13. The molecule has 0 aromatic carbocycles. The molecule has 2 atom stereocenters. The van der Waals surface area contributed by atoms with Crippen LogP contribution in [-0.2, 0) is 0 Å². The Morgan fingerprint density at radius 3 is 2.40 bits per heavy atom. The smallest absolute Gasteiger partial charge is 0.0602 e. The van der Waals surface area contributed by atoms with Crippen LogP contribution >= 0.6 is 0 Å². The predicted molar refractivity (Wildman–Crippen MR) is 63.8 cm³/mol. The molecule has 1 rings (SSSR count). The summed E-state index contributed by atoms with van der Waals surface area (Å²) < 4.78 is 0. The van der Waals surface area contributed by atoms with Gasteiger partial charge in [-0.15, -0.1) is 0 Å². The fraction of sp³-hybridized carbons (Fsp3) is 1.00. The average Bonchev–Trinajstić information content (AvgIpc) is 3.01. The molecule has 0 radical (unpaired) electrons. The first-order chi connectivity index (χ1) is 7.24. The Labute approximate surface area is 93.6 Å². The minimum absolute atomic E-state index is 0.132. The number of aliphatic hydroxyl groups excluding tert-OH is 1. The van der Waals surface area contributed by atoms with Crippen molar-refractivity contribution < 1.29 is 5.11 Å². The highest BCUT2D eigenvalue weighted by Crippen LogP contribution is 2.29. The van der Waals surface area contributed by atoms with E-state index in [2.05, 4.69) is 18.7 Å². The van der Waals surface area contributed by atoms with Crippen molar-refractivity contribution in [1.82, 2.24) is 4.90 Å². The maximum Gasteiger partial charge on any atom is 0.0602 e. The van der Waals surface area contributed by atoms with Crippen molar-refractivity contribution >= 4 is 0 Å². The van der Waals surface area contributed by atoms with Crippen LogP contribution in [0.3, 0.4) is 0 Å². The second-order valence-corrected chi connectivity index (χ2v) is 4.67. The fourth-order valence-corrected chi connectivity index (χ4v) is 2.30. The zero-order chi connectivity index (χ0) is 11.3. The van der Waals surface area contributed by atoms with Gasteiger partial charge in [-0.3, -0.25) is 4.90 Å². The van der Waals surface area contributed by atoms with Gasteiger partial charge in [-0.25, -0.2) is 0 Å². The van der Waals surface area contributed by atoms with Crippen LogP contribution in [0.15, 0.2) is 0 Å². The van der Waals surface area contributed by atoms with Crippen LogP contribution in [0.2, 0.25) is 0 Å². The number of hydrogen-bond acceptors (Lipinski definition) is 3.